The Hall–Kier alpha value is -3.80. The normalized spacial score (nSPS) is 17.7. The molecule has 164 valence electrons. The number of benzene rings is 2. The molecule has 32 heavy (non-hydrogen) atoms. The number of amides is 1. The predicted octanol–water partition coefficient (Wildman–Crippen LogP) is 5.00. The molecule has 1 amide bonds. The molecule has 0 bridgehead atoms. The van der Waals surface area contributed by atoms with Crippen LogP contribution in [0.4, 0.5) is 0 Å². The van der Waals surface area contributed by atoms with Crippen LogP contribution in [0, 0.1) is 6.92 Å². The molecule has 0 aliphatic carbocycles. The summed E-state index contributed by atoms with van der Waals surface area (Å²) in [5.74, 6) is -0.328. The Morgan fingerprint density at radius 3 is 2.41 bits per heavy atom. The van der Waals surface area contributed by atoms with Crippen LogP contribution in [0.15, 0.2) is 76.9 Å². The minimum Gasteiger partial charge on any atom is -0.507 e. The van der Waals surface area contributed by atoms with E-state index >= 15 is 0 Å². The number of likely N-dealkylation sites (tertiary alicyclic amines) is 1. The molecular formula is C26H25NO5. The zero-order valence-corrected chi connectivity index (χ0v) is 18.1. The van der Waals surface area contributed by atoms with E-state index in [1.807, 2.05) is 50.2 Å². The van der Waals surface area contributed by atoms with Gasteiger partial charge >= 0.3 is 0 Å². The molecule has 1 aliphatic heterocycles. The number of ketones is 1. The standard InChI is InChI=1S/C26H25NO5/c1-3-14-31-20-12-10-18(11-13-20)23-22(24(28)19-8-6-17(2)7-9-19)25(29)26(30)27(23)16-21-5-4-15-32-21/h4-13,15,23,28H,3,14,16H2,1-2H3/t23-/m0/s1. The number of nitrogens with zero attached hydrogens (tertiary/aromatic N) is 1. The van der Waals surface area contributed by atoms with Crippen molar-refractivity contribution in [2.24, 2.45) is 0 Å². The van der Waals surface area contributed by atoms with Gasteiger partial charge < -0.3 is 19.2 Å². The van der Waals surface area contributed by atoms with Crippen LogP contribution < -0.4 is 4.74 Å². The maximum absolute atomic E-state index is 13.1. The quantitative estimate of drug-likeness (QED) is 0.324. The Morgan fingerprint density at radius 1 is 1.06 bits per heavy atom. The molecule has 0 spiro atoms. The number of ether oxygens (including phenoxy) is 1. The van der Waals surface area contributed by atoms with E-state index in [0.717, 1.165) is 12.0 Å². The largest absolute Gasteiger partial charge is 0.507 e. The summed E-state index contributed by atoms with van der Waals surface area (Å²) in [6, 6.07) is 17.2. The van der Waals surface area contributed by atoms with Crippen molar-refractivity contribution < 1.29 is 23.8 Å². The van der Waals surface area contributed by atoms with Gasteiger partial charge in [-0.2, -0.15) is 0 Å². The van der Waals surface area contributed by atoms with Crippen molar-refractivity contribution in [3.05, 3.63) is 95.0 Å². The van der Waals surface area contributed by atoms with Crippen molar-refractivity contribution in [2.45, 2.75) is 32.9 Å². The van der Waals surface area contributed by atoms with Gasteiger partial charge in [-0.15, -0.1) is 0 Å². The minimum absolute atomic E-state index is 0.0626. The molecule has 0 saturated carbocycles. The minimum atomic E-state index is -0.748. The van der Waals surface area contributed by atoms with Crippen molar-refractivity contribution in [2.75, 3.05) is 6.61 Å². The van der Waals surface area contributed by atoms with Gasteiger partial charge in [0.1, 0.15) is 17.3 Å². The second-order valence-corrected chi connectivity index (χ2v) is 7.79. The van der Waals surface area contributed by atoms with Crippen molar-refractivity contribution in [3.8, 4) is 5.75 Å². The lowest BCUT2D eigenvalue weighted by Gasteiger charge is -2.24. The van der Waals surface area contributed by atoms with Crippen LogP contribution >= 0.6 is 0 Å². The topological polar surface area (TPSA) is 80.0 Å². The summed E-state index contributed by atoms with van der Waals surface area (Å²) in [6.07, 6.45) is 2.41. The lowest BCUT2D eigenvalue weighted by atomic mass is 9.95. The van der Waals surface area contributed by atoms with Crippen LogP contribution in [0.25, 0.3) is 5.76 Å². The Kier molecular flexibility index (Phi) is 6.12. The van der Waals surface area contributed by atoms with Crippen molar-refractivity contribution in [3.63, 3.8) is 0 Å². The first-order valence-electron chi connectivity index (χ1n) is 10.6. The number of aliphatic hydroxyl groups excluding tert-OH is 1. The molecule has 6 nitrogen and oxygen atoms in total. The van der Waals surface area contributed by atoms with Crippen LogP contribution in [0.1, 0.15) is 41.8 Å². The molecule has 1 fully saturated rings. The monoisotopic (exact) mass is 431 g/mol. The van der Waals surface area contributed by atoms with E-state index in [1.54, 1.807) is 24.3 Å². The number of hydrogen-bond acceptors (Lipinski definition) is 5. The van der Waals surface area contributed by atoms with Crippen LogP contribution in [0.2, 0.25) is 0 Å². The zero-order valence-electron chi connectivity index (χ0n) is 18.1. The number of aliphatic hydroxyl groups is 1. The second-order valence-electron chi connectivity index (χ2n) is 7.79. The van der Waals surface area contributed by atoms with E-state index in [9.17, 15) is 14.7 Å². The van der Waals surface area contributed by atoms with E-state index < -0.39 is 17.7 Å². The number of carbonyl (C=O) groups excluding carboxylic acids is 2. The summed E-state index contributed by atoms with van der Waals surface area (Å²) in [6.45, 7) is 4.68. The van der Waals surface area contributed by atoms with E-state index in [-0.39, 0.29) is 17.9 Å². The van der Waals surface area contributed by atoms with E-state index in [4.69, 9.17) is 9.15 Å². The molecule has 3 aromatic rings. The van der Waals surface area contributed by atoms with Gasteiger partial charge in [-0.25, -0.2) is 0 Å². The second kappa shape index (κ2) is 9.14. The molecule has 0 radical (unpaired) electrons. The van der Waals surface area contributed by atoms with Crippen molar-refractivity contribution in [1.82, 2.24) is 4.90 Å². The fourth-order valence-electron chi connectivity index (χ4n) is 3.79. The van der Waals surface area contributed by atoms with Crippen LogP contribution in [-0.2, 0) is 16.1 Å². The van der Waals surface area contributed by atoms with Gasteiger partial charge in [0.15, 0.2) is 0 Å². The van der Waals surface area contributed by atoms with E-state index in [1.165, 1.54) is 11.2 Å². The number of aryl methyl sites for hydroxylation is 1. The van der Waals surface area contributed by atoms with Gasteiger partial charge in [0, 0.05) is 5.56 Å². The summed E-state index contributed by atoms with van der Waals surface area (Å²) in [7, 11) is 0. The van der Waals surface area contributed by atoms with Crippen molar-refractivity contribution in [1.29, 1.82) is 0 Å². The highest BCUT2D eigenvalue weighted by molar-refractivity contribution is 6.46. The summed E-state index contributed by atoms with van der Waals surface area (Å²) < 4.78 is 11.1. The lowest BCUT2D eigenvalue weighted by molar-refractivity contribution is -0.140. The Morgan fingerprint density at radius 2 is 1.78 bits per heavy atom. The van der Waals surface area contributed by atoms with Crippen LogP contribution in [0.3, 0.4) is 0 Å². The van der Waals surface area contributed by atoms with Crippen LogP contribution in [-0.4, -0.2) is 28.3 Å². The molecule has 1 N–H and O–H groups in total. The zero-order chi connectivity index (χ0) is 22.7. The number of carbonyl (C=O) groups is 2. The fourth-order valence-corrected chi connectivity index (χ4v) is 3.79. The fraction of sp³-hybridized carbons (Fsp3) is 0.231. The maximum atomic E-state index is 13.1. The highest BCUT2D eigenvalue weighted by Gasteiger charge is 2.46. The molecular weight excluding hydrogens is 406 g/mol. The van der Waals surface area contributed by atoms with Gasteiger partial charge in [0.2, 0.25) is 0 Å². The highest BCUT2D eigenvalue weighted by Crippen LogP contribution is 2.40. The van der Waals surface area contributed by atoms with E-state index in [0.29, 0.717) is 29.2 Å². The SMILES string of the molecule is CCCOc1ccc([C@H]2C(=C(O)c3ccc(C)cc3)C(=O)C(=O)N2Cc2ccco2)cc1. The maximum Gasteiger partial charge on any atom is 0.296 e. The van der Waals surface area contributed by atoms with Gasteiger partial charge in [-0.3, -0.25) is 9.59 Å². The average molecular weight is 431 g/mol. The average Bonchev–Trinajstić information content (AvgIpc) is 3.40. The summed E-state index contributed by atoms with van der Waals surface area (Å²) in [5, 5.41) is 11.1. The first-order chi connectivity index (χ1) is 15.5. The molecule has 1 atom stereocenters. The Bertz CT molecular complexity index is 1130. The molecule has 0 unspecified atom stereocenters. The molecule has 2 aromatic carbocycles. The number of Topliss-reactive ketones (excluding diaryl/α,β-unsaturated/α-hetero) is 1. The lowest BCUT2D eigenvalue weighted by Crippen LogP contribution is -2.29. The number of furan rings is 1. The third-order valence-corrected chi connectivity index (χ3v) is 5.44. The summed E-state index contributed by atoms with van der Waals surface area (Å²) in [5.41, 5.74) is 2.28. The van der Waals surface area contributed by atoms with Gasteiger partial charge in [0.25, 0.3) is 11.7 Å². The first-order valence-corrected chi connectivity index (χ1v) is 10.6. The third-order valence-electron chi connectivity index (χ3n) is 5.44. The van der Waals surface area contributed by atoms with Gasteiger partial charge in [0.05, 0.1) is 31.0 Å². The van der Waals surface area contributed by atoms with Gasteiger partial charge in [-0.1, -0.05) is 48.9 Å². The molecule has 6 heteroatoms. The molecule has 1 aliphatic rings. The summed E-state index contributed by atoms with van der Waals surface area (Å²) in [4.78, 5) is 27.5. The first kappa shape index (κ1) is 21.4. The molecule has 4 rings (SSSR count). The van der Waals surface area contributed by atoms with Crippen molar-refractivity contribution >= 4 is 17.4 Å². The predicted molar refractivity (Wildman–Crippen MR) is 120 cm³/mol. The number of rotatable bonds is 7. The third kappa shape index (κ3) is 4.17. The van der Waals surface area contributed by atoms with Crippen LogP contribution in [0.5, 0.6) is 5.75 Å². The smallest absolute Gasteiger partial charge is 0.296 e. The van der Waals surface area contributed by atoms with Gasteiger partial charge in [-0.05, 0) is 43.2 Å². The number of hydrogen-bond donors (Lipinski definition) is 1. The van der Waals surface area contributed by atoms with E-state index in [2.05, 4.69) is 0 Å². The Labute approximate surface area is 186 Å². The molecule has 1 saturated heterocycles. The molecule has 2 heterocycles. The highest BCUT2D eigenvalue weighted by atomic mass is 16.5. The Balaban J connectivity index is 1.79. The summed E-state index contributed by atoms with van der Waals surface area (Å²) >= 11 is 0. The molecule has 1 aromatic heterocycles.